The molecule has 4 heteroatoms. The van der Waals surface area contributed by atoms with Crippen molar-refractivity contribution in [2.45, 2.75) is 50.5 Å². The molecule has 0 aromatic rings. The fraction of sp³-hybridized carbons (Fsp3) is 0.929. The Balaban J connectivity index is 1.83. The largest absolute Gasteiger partial charge is 0.376 e. The van der Waals surface area contributed by atoms with E-state index >= 15 is 0 Å². The van der Waals surface area contributed by atoms with Crippen molar-refractivity contribution in [1.82, 2.24) is 5.32 Å². The molecule has 2 fully saturated rings. The van der Waals surface area contributed by atoms with Crippen molar-refractivity contribution in [1.29, 1.82) is 0 Å². The first-order chi connectivity index (χ1) is 8.71. The highest BCUT2D eigenvalue weighted by Crippen LogP contribution is 2.35. The van der Waals surface area contributed by atoms with Crippen LogP contribution in [0, 0.1) is 11.8 Å². The summed E-state index contributed by atoms with van der Waals surface area (Å²) in [7, 11) is 1.74. The van der Waals surface area contributed by atoms with Crippen LogP contribution in [0.4, 0.5) is 0 Å². The summed E-state index contributed by atoms with van der Waals surface area (Å²) in [5.74, 6) is 0.685. The van der Waals surface area contributed by atoms with E-state index in [1.807, 2.05) is 0 Å². The molecule has 0 radical (unpaired) electrons. The first kappa shape index (κ1) is 13.8. The van der Waals surface area contributed by atoms with E-state index in [0.717, 1.165) is 32.1 Å². The van der Waals surface area contributed by atoms with E-state index in [2.05, 4.69) is 5.32 Å². The van der Waals surface area contributed by atoms with Crippen LogP contribution >= 0.6 is 0 Å². The van der Waals surface area contributed by atoms with Crippen LogP contribution in [-0.4, -0.2) is 31.7 Å². The monoisotopic (exact) mass is 254 g/mol. The summed E-state index contributed by atoms with van der Waals surface area (Å²) >= 11 is 0. The average Bonchev–Trinajstić information content (AvgIpc) is 2.37. The Hall–Kier alpha value is -0.610. The van der Waals surface area contributed by atoms with E-state index in [1.165, 1.54) is 12.8 Å². The fourth-order valence-electron chi connectivity index (χ4n) is 3.24. The van der Waals surface area contributed by atoms with Crippen LogP contribution in [0.3, 0.4) is 0 Å². The van der Waals surface area contributed by atoms with Gasteiger partial charge in [0.25, 0.3) is 0 Å². The van der Waals surface area contributed by atoms with Crippen LogP contribution in [0.15, 0.2) is 0 Å². The van der Waals surface area contributed by atoms with E-state index in [1.54, 1.807) is 7.11 Å². The third-order valence-electron chi connectivity index (χ3n) is 4.83. The van der Waals surface area contributed by atoms with Crippen molar-refractivity contribution in [3.05, 3.63) is 0 Å². The molecule has 4 nitrogen and oxygen atoms in total. The minimum absolute atomic E-state index is 0.0808. The van der Waals surface area contributed by atoms with Gasteiger partial charge < -0.3 is 15.8 Å². The van der Waals surface area contributed by atoms with Gasteiger partial charge in [-0.3, -0.25) is 4.79 Å². The van der Waals surface area contributed by atoms with E-state index in [0.29, 0.717) is 19.0 Å². The molecule has 2 saturated carbocycles. The standard InChI is InChI=1S/C14H26N2O2/c1-18-14(7-4-8-14)10-16-13(17)12-6-3-2-5-11(12)9-15/h11-12H,2-10,15H2,1H3,(H,16,17). The summed E-state index contributed by atoms with van der Waals surface area (Å²) in [5, 5.41) is 3.09. The van der Waals surface area contributed by atoms with Gasteiger partial charge in [-0.05, 0) is 44.6 Å². The first-order valence-corrected chi connectivity index (χ1v) is 7.24. The topological polar surface area (TPSA) is 64.3 Å². The molecule has 2 atom stereocenters. The van der Waals surface area contributed by atoms with Gasteiger partial charge in [-0.15, -0.1) is 0 Å². The Labute approximate surface area is 110 Å². The van der Waals surface area contributed by atoms with E-state index in [-0.39, 0.29) is 17.4 Å². The number of nitrogens with one attached hydrogen (secondary N) is 1. The number of methoxy groups -OCH3 is 1. The Morgan fingerprint density at radius 2 is 2.06 bits per heavy atom. The zero-order valence-electron chi connectivity index (χ0n) is 11.4. The van der Waals surface area contributed by atoms with Crippen molar-refractivity contribution in [3.8, 4) is 0 Å². The average molecular weight is 254 g/mol. The third kappa shape index (κ3) is 2.86. The Morgan fingerprint density at radius 3 is 2.61 bits per heavy atom. The van der Waals surface area contributed by atoms with Crippen molar-refractivity contribution in [3.63, 3.8) is 0 Å². The van der Waals surface area contributed by atoms with Crippen LogP contribution in [0.1, 0.15) is 44.9 Å². The smallest absolute Gasteiger partial charge is 0.223 e. The highest BCUT2D eigenvalue weighted by molar-refractivity contribution is 5.79. The van der Waals surface area contributed by atoms with Crippen molar-refractivity contribution < 1.29 is 9.53 Å². The minimum Gasteiger partial charge on any atom is -0.376 e. The van der Waals surface area contributed by atoms with Gasteiger partial charge in [0.05, 0.1) is 5.60 Å². The minimum atomic E-state index is -0.0808. The summed E-state index contributed by atoms with van der Waals surface area (Å²) in [6, 6.07) is 0. The summed E-state index contributed by atoms with van der Waals surface area (Å²) in [4.78, 5) is 12.2. The summed E-state index contributed by atoms with van der Waals surface area (Å²) in [5.41, 5.74) is 5.69. The molecule has 0 aliphatic heterocycles. The summed E-state index contributed by atoms with van der Waals surface area (Å²) in [6.07, 6.45) is 7.80. The Morgan fingerprint density at radius 1 is 1.33 bits per heavy atom. The number of rotatable bonds is 5. The van der Waals surface area contributed by atoms with Crippen LogP contribution in [0.25, 0.3) is 0 Å². The number of ether oxygens (including phenoxy) is 1. The van der Waals surface area contributed by atoms with Crippen molar-refractivity contribution in [2.24, 2.45) is 17.6 Å². The molecule has 104 valence electrons. The lowest BCUT2D eigenvalue weighted by molar-refractivity contribution is -0.131. The highest BCUT2D eigenvalue weighted by Gasteiger charge is 2.38. The summed E-state index contributed by atoms with van der Waals surface area (Å²) < 4.78 is 5.53. The second-order valence-electron chi connectivity index (χ2n) is 5.85. The molecular weight excluding hydrogens is 228 g/mol. The molecular formula is C14H26N2O2. The van der Waals surface area contributed by atoms with Gasteiger partial charge in [-0.2, -0.15) is 0 Å². The van der Waals surface area contributed by atoms with Crippen molar-refractivity contribution in [2.75, 3.05) is 20.2 Å². The number of amides is 1. The maximum Gasteiger partial charge on any atom is 0.223 e. The van der Waals surface area contributed by atoms with Crippen LogP contribution in [0.5, 0.6) is 0 Å². The number of nitrogens with two attached hydrogens (primary N) is 1. The number of carbonyl (C=O) groups is 1. The Kier molecular flexibility index (Phi) is 4.62. The number of hydrogen-bond acceptors (Lipinski definition) is 3. The fourth-order valence-corrected chi connectivity index (χ4v) is 3.24. The molecule has 0 saturated heterocycles. The zero-order valence-corrected chi connectivity index (χ0v) is 11.4. The molecule has 0 aromatic carbocycles. The first-order valence-electron chi connectivity index (χ1n) is 7.24. The molecule has 3 N–H and O–H groups in total. The lowest BCUT2D eigenvalue weighted by Crippen LogP contribution is -2.51. The molecule has 1 amide bonds. The highest BCUT2D eigenvalue weighted by atomic mass is 16.5. The second-order valence-corrected chi connectivity index (χ2v) is 5.85. The molecule has 0 heterocycles. The molecule has 2 aliphatic rings. The molecule has 0 spiro atoms. The van der Waals surface area contributed by atoms with Gasteiger partial charge in [0.2, 0.25) is 5.91 Å². The van der Waals surface area contributed by atoms with Gasteiger partial charge in [-0.1, -0.05) is 12.8 Å². The molecule has 0 bridgehead atoms. The van der Waals surface area contributed by atoms with Gasteiger partial charge in [0, 0.05) is 19.6 Å². The molecule has 2 aliphatic carbocycles. The lowest BCUT2D eigenvalue weighted by atomic mass is 9.77. The van der Waals surface area contributed by atoms with E-state index in [4.69, 9.17) is 10.5 Å². The Bertz CT molecular complexity index is 284. The number of hydrogen-bond donors (Lipinski definition) is 2. The van der Waals surface area contributed by atoms with Gasteiger partial charge in [0.1, 0.15) is 0 Å². The molecule has 2 rings (SSSR count). The SMILES string of the molecule is COC1(CNC(=O)C2CCCCC2CN)CCC1. The predicted octanol–water partition coefficient (Wildman–Crippen LogP) is 1.44. The number of carbonyl (C=O) groups excluding carboxylic acids is 1. The lowest BCUT2D eigenvalue weighted by Gasteiger charge is -2.41. The zero-order chi connectivity index (χ0) is 13.0. The molecule has 2 unspecified atom stereocenters. The normalized spacial score (nSPS) is 30.6. The van der Waals surface area contributed by atoms with Crippen LogP contribution < -0.4 is 11.1 Å². The molecule has 18 heavy (non-hydrogen) atoms. The predicted molar refractivity (Wildman–Crippen MR) is 71.1 cm³/mol. The quantitative estimate of drug-likeness (QED) is 0.780. The summed E-state index contributed by atoms with van der Waals surface area (Å²) in [6.45, 7) is 1.30. The van der Waals surface area contributed by atoms with E-state index < -0.39 is 0 Å². The van der Waals surface area contributed by atoms with Gasteiger partial charge >= 0.3 is 0 Å². The van der Waals surface area contributed by atoms with Crippen molar-refractivity contribution >= 4 is 5.91 Å². The van der Waals surface area contributed by atoms with Crippen LogP contribution in [-0.2, 0) is 9.53 Å². The maximum atomic E-state index is 12.2. The van der Waals surface area contributed by atoms with E-state index in [9.17, 15) is 4.79 Å². The van der Waals surface area contributed by atoms with Crippen LogP contribution in [0.2, 0.25) is 0 Å². The van der Waals surface area contributed by atoms with Gasteiger partial charge in [-0.25, -0.2) is 0 Å². The third-order valence-corrected chi connectivity index (χ3v) is 4.83. The van der Waals surface area contributed by atoms with Gasteiger partial charge in [0.15, 0.2) is 0 Å². The maximum absolute atomic E-state index is 12.2. The second kappa shape index (κ2) is 6.02. The molecule has 0 aromatic heterocycles.